The lowest BCUT2D eigenvalue weighted by molar-refractivity contribution is 0.196. The van der Waals surface area contributed by atoms with Crippen LogP contribution in [0, 0.1) is 0 Å². The molecule has 2 unspecified atom stereocenters. The summed E-state index contributed by atoms with van der Waals surface area (Å²) in [6.45, 7) is 3.71. The van der Waals surface area contributed by atoms with Gasteiger partial charge in [0, 0.05) is 17.8 Å². The zero-order valence-electron chi connectivity index (χ0n) is 17.1. The number of halogens is 1. The Bertz CT molecular complexity index is 604. The minimum Gasteiger partial charge on any atom is -0.493 e. The lowest BCUT2D eigenvalue weighted by atomic mass is 9.95. The molecule has 2 rings (SSSR count). The lowest BCUT2D eigenvalue weighted by Crippen LogP contribution is -2.45. The zero-order chi connectivity index (χ0) is 19.5. The second-order valence-corrected chi connectivity index (χ2v) is 7.76. The fraction of sp³-hybridized carbons (Fsp3) is 0.650. The Kier molecular flexibility index (Phi) is 12.7. The molecule has 0 spiro atoms. The van der Waals surface area contributed by atoms with Gasteiger partial charge < -0.3 is 25.2 Å². The van der Waals surface area contributed by atoms with Crippen molar-refractivity contribution in [3.63, 3.8) is 0 Å². The standard InChI is InChI=1S/C20H33N3O3S.HI/c1-4-21-20(23-16-6-5-7-17(13-16)27-3)22-14-15-8-9-18(26-11-10-24)19(12-15)25-2;/h8-9,12,16-17,24H,4-7,10-11,13-14H2,1-3H3,(H2,21,22,23);1H. The SMILES string of the molecule is CCNC(=NCc1ccc(OCCO)c(OC)c1)NC1CCCC(SC)C1.I. The normalized spacial score (nSPS) is 19.5. The van der Waals surface area contributed by atoms with E-state index in [1.54, 1.807) is 7.11 Å². The van der Waals surface area contributed by atoms with E-state index in [2.05, 4.69) is 23.8 Å². The van der Waals surface area contributed by atoms with E-state index in [-0.39, 0.29) is 37.2 Å². The molecule has 2 atom stereocenters. The van der Waals surface area contributed by atoms with Crippen LogP contribution >= 0.6 is 35.7 Å². The maximum atomic E-state index is 8.91. The average Bonchev–Trinajstić information content (AvgIpc) is 2.71. The van der Waals surface area contributed by atoms with Crippen molar-refractivity contribution in [2.75, 3.05) is 33.1 Å². The van der Waals surface area contributed by atoms with Gasteiger partial charge in [0.15, 0.2) is 17.5 Å². The van der Waals surface area contributed by atoms with Gasteiger partial charge >= 0.3 is 0 Å². The summed E-state index contributed by atoms with van der Waals surface area (Å²) in [5, 5.41) is 16.6. The Hall–Kier alpha value is -0.870. The highest BCUT2D eigenvalue weighted by Crippen LogP contribution is 2.28. The molecule has 8 heteroatoms. The van der Waals surface area contributed by atoms with E-state index in [0.717, 1.165) is 23.3 Å². The Balaban J connectivity index is 0.00000392. The first-order valence-corrected chi connectivity index (χ1v) is 11.0. The predicted molar refractivity (Wildman–Crippen MR) is 129 cm³/mol. The van der Waals surface area contributed by atoms with Gasteiger partial charge in [0.2, 0.25) is 0 Å². The third-order valence-corrected chi connectivity index (χ3v) is 5.74. The van der Waals surface area contributed by atoms with Crippen LogP contribution in [0.2, 0.25) is 0 Å². The van der Waals surface area contributed by atoms with Crippen LogP contribution in [0.4, 0.5) is 0 Å². The van der Waals surface area contributed by atoms with Crippen molar-refractivity contribution in [3.8, 4) is 11.5 Å². The summed E-state index contributed by atoms with van der Waals surface area (Å²) in [5.74, 6) is 2.16. The number of rotatable bonds is 9. The van der Waals surface area contributed by atoms with Crippen molar-refractivity contribution >= 4 is 41.7 Å². The highest BCUT2D eigenvalue weighted by atomic mass is 127. The second kappa shape index (κ2) is 14.2. The van der Waals surface area contributed by atoms with Crippen molar-refractivity contribution in [2.45, 2.75) is 50.4 Å². The molecule has 0 amide bonds. The molecule has 6 nitrogen and oxygen atoms in total. The number of aliphatic hydroxyl groups excluding tert-OH is 1. The molecule has 1 aromatic carbocycles. The van der Waals surface area contributed by atoms with Crippen molar-refractivity contribution in [1.29, 1.82) is 0 Å². The number of hydrogen-bond acceptors (Lipinski definition) is 5. The minimum absolute atomic E-state index is 0. The van der Waals surface area contributed by atoms with Crippen molar-refractivity contribution in [1.82, 2.24) is 10.6 Å². The number of hydrogen-bond donors (Lipinski definition) is 3. The van der Waals surface area contributed by atoms with E-state index < -0.39 is 0 Å². The highest BCUT2D eigenvalue weighted by molar-refractivity contribution is 14.0. The van der Waals surface area contributed by atoms with E-state index in [1.807, 2.05) is 30.0 Å². The van der Waals surface area contributed by atoms with Gasteiger partial charge in [0.1, 0.15) is 6.61 Å². The van der Waals surface area contributed by atoms with E-state index in [1.165, 1.54) is 25.7 Å². The molecule has 28 heavy (non-hydrogen) atoms. The van der Waals surface area contributed by atoms with Gasteiger partial charge in [0.05, 0.1) is 20.3 Å². The number of aliphatic hydroxyl groups is 1. The van der Waals surface area contributed by atoms with Gasteiger partial charge in [-0.05, 0) is 50.1 Å². The van der Waals surface area contributed by atoms with Gasteiger partial charge in [-0.15, -0.1) is 24.0 Å². The number of nitrogens with zero attached hydrogens (tertiary/aromatic N) is 1. The molecular weight excluding hydrogens is 489 g/mol. The van der Waals surface area contributed by atoms with E-state index >= 15 is 0 Å². The molecule has 1 aromatic rings. The Morgan fingerprint density at radius 3 is 2.82 bits per heavy atom. The third kappa shape index (κ3) is 8.24. The van der Waals surface area contributed by atoms with Gasteiger partial charge in [-0.3, -0.25) is 0 Å². The molecule has 0 saturated heterocycles. The summed E-state index contributed by atoms with van der Waals surface area (Å²) in [4.78, 5) is 4.75. The molecule has 3 N–H and O–H groups in total. The van der Waals surface area contributed by atoms with Crippen LogP contribution in [0.5, 0.6) is 11.5 Å². The fourth-order valence-corrected chi connectivity index (χ4v) is 4.09. The number of ether oxygens (including phenoxy) is 2. The first kappa shape index (κ1) is 25.2. The Labute approximate surface area is 190 Å². The first-order valence-electron chi connectivity index (χ1n) is 9.68. The van der Waals surface area contributed by atoms with Crippen LogP contribution in [0.3, 0.4) is 0 Å². The van der Waals surface area contributed by atoms with Gasteiger partial charge in [-0.2, -0.15) is 11.8 Å². The molecule has 1 saturated carbocycles. The molecule has 1 fully saturated rings. The number of nitrogens with one attached hydrogen (secondary N) is 2. The van der Waals surface area contributed by atoms with Crippen LogP contribution in [0.1, 0.15) is 38.2 Å². The number of methoxy groups -OCH3 is 1. The van der Waals surface area contributed by atoms with Crippen molar-refractivity contribution < 1.29 is 14.6 Å². The Morgan fingerprint density at radius 2 is 2.14 bits per heavy atom. The van der Waals surface area contributed by atoms with E-state index in [0.29, 0.717) is 24.1 Å². The molecule has 0 radical (unpaired) electrons. The predicted octanol–water partition coefficient (Wildman–Crippen LogP) is 3.41. The summed E-state index contributed by atoms with van der Waals surface area (Å²) in [6, 6.07) is 6.26. The van der Waals surface area contributed by atoms with Gasteiger partial charge in [-0.1, -0.05) is 12.5 Å². The number of benzene rings is 1. The maximum Gasteiger partial charge on any atom is 0.191 e. The second-order valence-electron chi connectivity index (χ2n) is 6.62. The highest BCUT2D eigenvalue weighted by Gasteiger charge is 2.21. The smallest absolute Gasteiger partial charge is 0.191 e. The summed E-state index contributed by atoms with van der Waals surface area (Å²) in [5.41, 5.74) is 1.05. The quantitative estimate of drug-likeness (QED) is 0.262. The molecule has 0 aliphatic heterocycles. The number of thioether (sulfide) groups is 1. The molecule has 1 aliphatic carbocycles. The monoisotopic (exact) mass is 523 g/mol. The zero-order valence-corrected chi connectivity index (χ0v) is 20.2. The van der Waals surface area contributed by atoms with Crippen LogP contribution < -0.4 is 20.1 Å². The van der Waals surface area contributed by atoms with E-state index in [4.69, 9.17) is 19.6 Å². The maximum absolute atomic E-state index is 8.91. The molecule has 0 bridgehead atoms. The van der Waals surface area contributed by atoms with Gasteiger partial charge in [-0.25, -0.2) is 4.99 Å². The van der Waals surface area contributed by atoms with E-state index in [9.17, 15) is 0 Å². The molecule has 1 aliphatic rings. The summed E-state index contributed by atoms with van der Waals surface area (Å²) in [7, 11) is 1.62. The van der Waals surface area contributed by atoms with Crippen LogP contribution in [-0.2, 0) is 6.54 Å². The summed E-state index contributed by atoms with van der Waals surface area (Å²) >= 11 is 1.97. The van der Waals surface area contributed by atoms with Gasteiger partial charge in [0.25, 0.3) is 0 Å². The number of guanidine groups is 1. The topological polar surface area (TPSA) is 75.1 Å². The van der Waals surface area contributed by atoms with Crippen LogP contribution in [0.25, 0.3) is 0 Å². The van der Waals surface area contributed by atoms with Crippen molar-refractivity contribution in [2.24, 2.45) is 4.99 Å². The summed E-state index contributed by atoms with van der Waals surface area (Å²) in [6.07, 6.45) is 7.18. The van der Waals surface area contributed by atoms with Crippen LogP contribution in [-0.4, -0.2) is 55.5 Å². The molecular formula is C20H34IN3O3S. The molecule has 160 valence electrons. The number of aliphatic imine (C=N–C) groups is 1. The van der Waals surface area contributed by atoms with Crippen molar-refractivity contribution in [3.05, 3.63) is 23.8 Å². The largest absolute Gasteiger partial charge is 0.493 e. The molecule has 0 aromatic heterocycles. The third-order valence-electron chi connectivity index (χ3n) is 4.64. The lowest BCUT2D eigenvalue weighted by Gasteiger charge is -2.29. The average molecular weight is 523 g/mol. The minimum atomic E-state index is -0.0223. The first-order chi connectivity index (χ1) is 13.2. The fourth-order valence-electron chi connectivity index (χ4n) is 3.26. The van der Waals surface area contributed by atoms with Crippen LogP contribution in [0.15, 0.2) is 23.2 Å². The summed E-state index contributed by atoms with van der Waals surface area (Å²) < 4.78 is 10.9. The molecule has 0 heterocycles. The Morgan fingerprint density at radius 1 is 1.32 bits per heavy atom.